The van der Waals surface area contributed by atoms with Gasteiger partial charge in [0.15, 0.2) is 0 Å². The molecule has 0 amide bonds. The number of aromatic amines is 2. The molecule has 5 rings (SSSR count). The van der Waals surface area contributed by atoms with E-state index in [2.05, 4.69) is 86.6 Å². The summed E-state index contributed by atoms with van der Waals surface area (Å²) in [7, 11) is 3.91. The number of hydrogen-bond donors (Lipinski definition) is 2. The van der Waals surface area contributed by atoms with Crippen molar-refractivity contribution in [3.63, 3.8) is 0 Å². The van der Waals surface area contributed by atoms with E-state index in [1.807, 2.05) is 24.4 Å². The van der Waals surface area contributed by atoms with Crippen LogP contribution in [-0.4, -0.2) is 65.3 Å². The van der Waals surface area contributed by atoms with E-state index in [1.54, 1.807) is 7.11 Å². The molecule has 1 aliphatic rings. The van der Waals surface area contributed by atoms with E-state index in [0.29, 0.717) is 0 Å². The summed E-state index contributed by atoms with van der Waals surface area (Å²) < 4.78 is 5.68. The fourth-order valence-corrected chi connectivity index (χ4v) is 4.31. The van der Waals surface area contributed by atoms with E-state index in [4.69, 9.17) is 4.74 Å². The molecule has 2 N–H and O–H groups in total. The topological polar surface area (TPSA) is 60.2 Å². The highest BCUT2D eigenvalue weighted by Crippen LogP contribution is 2.24. The minimum absolute atomic E-state index is 0.878. The molecule has 174 valence electrons. The first-order valence-electron chi connectivity index (χ1n) is 11.7. The third-order valence-corrected chi connectivity index (χ3v) is 6.39. The molecule has 6 heteroatoms. The van der Waals surface area contributed by atoms with Crippen molar-refractivity contribution < 1.29 is 4.74 Å². The number of methoxy groups -OCH3 is 1. The smallest absolute Gasteiger partial charge is 0.126 e. The van der Waals surface area contributed by atoms with Gasteiger partial charge in [-0.2, -0.15) is 5.10 Å². The van der Waals surface area contributed by atoms with Crippen molar-refractivity contribution in [2.75, 3.05) is 40.3 Å². The summed E-state index contributed by atoms with van der Waals surface area (Å²) in [5.41, 5.74) is 6.44. The van der Waals surface area contributed by atoms with E-state index < -0.39 is 0 Å². The number of piperazine rings is 1. The van der Waals surface area contributed by atoms with Gasteiger partial charge in [0.25, 0.3) is 0 Å². The first-order chi connectivity index (χ1) is 16.7. The van der Waals surface area contributed by atoms with Crippen molar-refractivity contribution in [1.82, 2.24) is 25.0 Å². The Morgan fingerprint density at radius 3 is 2.68 bits per heavy atom. The molecule has 34 heavy (non-hydrogen) atoms. The van der Waals surface area contributed by atoms with Gasteiger partial charge >= 0.3 is 0 Å². The van der Waals surface area contributed by atoms with Crippen LogP contribution in [0.5, 0.6) is 5.75 Å². The van der Waals surface area contributed by atoms with Gasteiger partial charge in [0, 0.05) is 50.0 Å². The molecule has 0 bridgehead atoms. The van der Waals surface area contributed by atoms with Crippen molar-refractivity contribution in [3.8, 4) is 5.75 Å². The second kappa shape index (κ2) is 10.1. The Kier molecular flexibility index (Phi) is 6.60. The van der Waals surface area contributed by atoms with Gasteiger partial charge in [-0.25, -0.2) is 0 Å². The van der Waals surface area contributed by atoms with E-state index in [9.17, 15) is 0 Å². The van der Waals surface area contributed by atoms with Gasteiger partial charge in [0.1, 0.15) is 5.75 Å². The van der Waals surface area contributed by atoms with E-state index in [-0.39, 0.29) is 0 Å². The van der Waals surface area contributed by atoms with Gasteiger partial charge in [-0.05, 0) is 66.1 Å². The number of fused-ring (bicyclic) bond motifs is 1. The Hall–Kier alpha value is -3.61. The number of aromatic nitrogens is 3. The lowest BCUT2D eigenvalue weighted by Gasteiger charge is -2.32. The third-order valence-electron chi connectivity index (χ3n) is 6.39. The monoisotopic (exact) mass is 453 g/mol. The molecular formula is C28H31N5O. The van der Waals surface area contributed by atoms with Crippen molar-refractivity contribution in [1.29, 1.82) is 0 Å². The number of rotatable bonds is 7. The number of likely N-dealkylation sites (N-methyl/N-ethyl adjacent to an activating group) is 1. The maximum absolute atomic E-state index is 5.68. The summed E-state index contributed by atoms with van der Waals surface area (Å²) in [6.07, 6.45) is 10.2. The first kappa shape index (κ1) is 22.2. The number of benzene rings is 2. The number of H-pyrrole nitrogens is 2. The molecule has 0 aliphatic carbocycles. The first-order valence-corrected chi connectivity index (χ1v) is 11.7. The molecule has 1 saturated heterocycles. The zero-order valence-electron chi connectivity index (χ0n) is 19.8. The standard InChI is InChI=1S/C28H31N5O/c1-32-13-15-33(16-14-32)20-22-4-7-24(28(18-22)34-2)8-10-26-19-25(30-31-26)9-5-21-3-6-23-11-12-29-27(23)17-21/h3-12,17-19,29H,13-16,20H2,1-2H3,(H,30,31). The predicted octanol–water partition coefficient (Wildman–Crippen LogP) is 4.99. The van der Waals surface area contributed by atoms with Crippen LogP contribution >= 0.6 is 0 Å². The maximum atomic E-state index is 5.68. The average molecular weight is 454 g/mol. The minimum atomic E-state index is 0.878. The van der Waals surface area contributed by atoms with Crippen molar-refractivity contribution >= 4 is 35.2 Å². The highest BCUT2D eigenvalue weighted by Gasteiger charge is 2.14. The van der Waals surface area contributed by atoms with Crippen LogP contribution in [0.1, 0.15) is 28.1 Å². The maximum Gasteiger partial charge on any atom is 0.126 e. The van der Waals surface area contributed by atoms with Crippen LogP contribution in [0.2, 0.25) is 0 Å². The zero-order chi connectivity index (χ0) is 23.3. The molecule has 0 spiro atoms. The average Bonchev–Trinajstić information content (AvgIpc) is 3.52. The Bertz CT molecular complexity index is 1310. The van der Waals surface area contributed by atoms with Gasteiger partial charge in [-0.3, -0.25) is 10.00 Å². The lowest BCUT2D eigenvalue weighted by molar-refractivity contribution is 0.148. The summed E-state index contributed by atoms with van der Waals surface area (Å²) in [5.74, 6) is 0.887. The van der Waals surface area contributed by atoms with E-state index in [0.717, 1.165) is 66.5 Å². The Morgan fingerprint density at radius 2 is 1.82 bits per heavy atom. The SMILES string of the molecule is COc1cc(CN2CCN(C)CC2)ccc1C=Cc1cc(C=Cc2ccc3cc[nH]c3c2)[nH]n1. The molecule has 3 heterocycles. The van der Waals surface area contributed by atoms with Crippen LogP contribution in [0.15, 0.2) is 54.7 Å². The molecule has 4 aromatic rings. The summed E-state index contributed by atoms with van der Waals surface area (Å²) in [6.45, 7) is 5.43. The highest BCUT2D eigenvalue weighted by atomic mass is 16.5. The molecule has 0 radical (unpaired) electrons. The highest BCUT2D eigenvalue weighted by molar-refractivity contribution is 5.83. The van der Waals surface area contributed by atoms with Gasteiger partial charge in [-0.1, -0.05) is 30.3 Å². The Morgan fingerprint density at radius 1 is 0.941 bits per heavy atom. The summed E-state index contributed by atoms with van der Waals surface area (Å²) >= 11 is 0. The summed E-state index contributed by atoms with van der Waals surface area (Å²) in [6, 6.07) is 17.0. The Balaban J connectivity index is 1.24. The third kappa shape index (κ3) is 5.30. The quantitative estimate of drug-likeness (QED) is 0.414. The molecule has 2 aromatic heterocycles. The van der Waals surface area contributed by atoms with Crippen LogP contribution in [0.4, 0.5) is 0 Å². The van der Waals surface area contributed by atoms with Gasteiger partial charge in [-0.15, -0.1) is 0 Å². The van der Waals surface area contributed by atoms with Crippen LogP contribution in [0, 0.1) is 0 Å². The van der Waals surface area contributed by atoms with E-state index in [1.165, 1.54) is 10.9 Å². The molecule has 0 unspecified atom stereocenters. The van der Waals surface area contributed by atoms with Crippen LogP contribution < -0.4 is 4.74 Å². The largest absolute Gasteiger partial charge is 0.496 e. The lowest BCUT2D eigenvalue weighted by atomic mass is 10.1. The second-order valence-electron chi connectivity index (χ2n) is 8.89. The molecular weight excluding hydrogens is 422 g/mol. The number of nitrogens with one attached hydrogen (secondary N) is 2. The number of nitrogens with zero attached hydrogens (tertiary/aromatic N) is 3. The van der Waals surface area contributed by atoms with Crippen LogP contribution in [0.25, 0.3) is 35.2 Å². The van der Waals surface area contributed by atoms with Gasteiger partial charge in [0.05, 0.1) is 18.5 Å². The molecule has 1 aliphatic heterocycles. The van der Waals surface area contributed by atoms with E-state index >= 15 is 0 Å². The number of ether oxygens (including phenoxy) is 1. The van der Waals surface area contributed by atoms with Crippen molar-refractivity contribution in [2.24, 2.45) is 0 Å². The fraction of sp³-hybridized carbons (Fsp3) is 0.250. The van der Waals surface area contributed by atoms with Gasteiger partial charge in [0.2, 0.25) is 0 Å². The molecule has 0 atom stereocenters. The minimum Gasteiger partial charge on any atom is -0.496 e. The summed E-state index contributed by atoms with van der Waals surface area (Å²) in [5, 5.41) is 8.73. The normalized spacial score (nSPS) is 15.7. The van der Waals surface area contributed by atoms with Gasteiger partial charge < -0.3 is 14.6 Å². The Labute approximate surface area is 200 Å². The van der Waals surface area contributed by atoms with Crippen molar-refractivity contribution in [3.05, 3.63) is 82.8 Å². The summed E-state index contributed by atoms with van der Waals surface area (Å²) in [4.78, 5) is 8.13. The molecule has 0 saturated carbocycles. The van der Waals surface area contributed by atoms with Crippen LogP contribution in [-0.2, 0) is 6.54 Å². The van der Waals surface area contributed by atoms with Crippen LogP contribution in [0.3, 0.4) is 0 Å². The predicted molar refractivity (Wildman–Crippen MR) is 141 cm³/mol. The molecule has 1 fully saturated rings. The number of hydrogen-bond acceptors (Lipinski definition) is 4. The zero-order valence-corrected chi connectivity index (χ0v) is 19.8. The molecule has 6 nitrogen and oxygen atoms in total. The fourth-order valence-electron chi connectivity index (χ4n) is 4.31. The second-order valence-corrected chi connectivity index (χ2v) is 8.89. The lowest BCUT2D eigenvalue weighted by Crippen LogP contribution is -2.43. The van der Waals surface area contributed by atoms with Crippen molar-refractivity contribution in [2.45, 2.75) is 6.54 Å². The molecule has 2 aromatic carbocycles.